The van der Waals surface area contributed by atoms with E-state index in [0.717, 1.165) is 12.2 Å². The number of rotatable bonds is 8. The first-order valence-corrected chi connectivity index (χ1v) is 9.43. The molecular weight excluding hydrogens is 350 g/mol. The third kappa shape index (κ3) is 4.08. The Morgan fingerprint density at radius 3 is 2.65 bits per heavy atom. The molecule has 0 bridgehead atoms. The maximum atomic E-state index is 12.4. The van der Waals surface area contributed by atoms with Crippen molar-refractivity contribution in [1.82, 2.24) is 19.5 Å². The summed E-state index contributed by atoms with van der Waals surface area (Å²) in [7, 11) is 0. The molecule has 0 unspecified atom stereocenters. The second-order valence-electron chi connectivity index (χ2n) is 5.39. The number of carbonyl (C=O) groups excluding carboxylic acids is 1. The summed E-state index contributed by atoms with van der Waals surface area (Å²) < 4.78 is 9.35. The maximum Gasteiger partial charge on any atom is 0.234 e. The van der Waals surface area contributed by atoms with Gasteiger partial charge in [0, 0.05) is 18.8 Å². The summed E-state index contributed by atoms with van der Waals surface area (Å²) in [6, 6.07) is 11.3. The van der Waals surface area contributed by atoms with Crippen molar-refractivity contribution in [1.29, 1.82) is 0 Å². The lowest BCUT2D eigenvalue weighted by Crippen LogP contribution is -2.16. The fourth-order valence-corrected chi connectivity index (χ4v) is 3.22. The van der Waals surface area contributed by atoms with E-state index in [1.54, 1.807) is 0 Å². The predicted octanol–water partition coefficient (Wildman–Crippen LogP) is 3.08. The van der Waals surface area contributed by atoms with Crippen LogP contribution in [0.4, 0.5) is 5.69 Å². The lowest BCUT2D eigenvalue weighted by molar-refractivity contribution is -0.113. The maximum absolute atomic E-state index is 12.4. The van der Waals surface area contributed by atoms with Crippen LogP contribution < -0.4 is 10.1 Å². The molecule has 1 aromatic carbocycles. The van der Waals surface area contributed by atoms with Gasteiger partial charge < -0.3 is 10.1 Å². The highest BCUT2D eigenvalue weighted by molar-refractivity contribution is 7.99. The average molecular weight is 371 g/mol. The van der Waals surface area contributed by atoms with Gasteiger partial charge in [0.2, 0.25) is 11.1 Å². The van der Waals surface area contributed by atoms with Crippen molar-refractivity contribution in [2.24, 2.45) is 0 Å². The minimum Gasteiger partial charge on any atom is -0.492 e. The molecule has 0 aliphatic carbocycles. The van der Waals surface area contributed by atoms with Crippen molar-refractivity contribution >= 4 is 23.4 Å². The van der Waals surface area contributed by atoms with Gasteiger partial charge in [-0.3, -0.25) is 9.47 Å². The largest absolute Gasteiger partial charge is 0.492 e. The van der Waals surface area contributed by atoms with Gasteiger partial charge in [-0.1, -0.05) is 30.8 Å². The number of ether oxygens (including phenoxy) is 1. The molecule has 0 aliphatic rings. The Bertz CT molecular complexity index is 860. The molecule has 0 saturated heterocycles. The summed E-state index contributed by atoms with van der Waals surface area (Å²) in [5.74, 6) is 1.61. The van der Waals surface area contributed by atoms with Crippen molar-refractivity contribution in [3.8, 4) is 5.75 Å². The first-order valence-electron chi connectivity index (χ1n) is 8.45. The quantitative estimate of drug-likeness (QED) is 0.616. The van der Waals surface area contributed by atoms with Crippen molar-refractivity contribution in [2.75, 3.05) is 17.7 Å². The van der Waals surface area contributed by atoms with Crippen LogP contribution in [0.1, 0.15) is 19.7 Å². The SMILES string of the molecule is CCOc1ccccc1NC(=O)CSc1nnc(CC)n1-n1cccc1. The van der Waals surface area contributed by atoms with Crippen LogP contribution in [0.5, 0.6) is 5.75 Å². The van der Waals surface area contributed by atoms with E-state index in [-0.39, 0.29) is 11.7 Å². The predicted molar refractivity (Wildman–Crippen MR) is 102 cm³/mol. The number of anilines is 1. The van der Waals surface area contributed by atoms with Crippen LogP contribution in [0.15, 0.2) is 53.9 Å². The Kier molecular flexibility index (Phi) is 5.96. The molecule has 2 aromatic heterocycles. The van der Waals surface area contributed by atoms with Gasteiger partial charge in [-0.2, -0.15) is 0 Å². The van der Waals surface area contributed by atoms with E-state index in [9.17, 15) is 4.79 Å². The molecule has 0 radical (unpaired) electrons. The monoisotopic (exact) mass is 371 g/mol. The second kappa shape index (κ2) is 8.57. The van der Waals surface area contributed by atoms with Gasteiger partial charge in [-0.15, -0.1) is 10.2 Å². The standard InChI is InChI=1S/C18H21N5O2S/c1-3-16-20-21-18(23(16)22-11-7-8-12-22)26-13-17(24)19-14-9-5-6-10-15(14)25-4-2/h5-12H,3-4,13H2,1-2H3,(H,19,24). The van der Waals surface area contributed by atoms with Gasteiger partial charge in [0.25, 0.3) is 0 Å². The first-order chi connectivity index (χ1) is 12.7. The molecule has 2 heterocycles. The number of thioether (sulfide) groups is 1. The van der Waals surface area contributed by atoms with Crippen LogP contribution in [0.25, 0.3) is 0 Å². The van der Waals surface area contributed by atoms with E-state index in [0.29, 0.717) is 23.2 Å². The smallest absolute Gasteiger partial charge is 0.234 e. The van der Waals surface area contributed by atoms with E-state index >= 15 is 0 Å². The fourth-order valence-electron chi connectivity index (χ4n) is 2.46. The van der Waals surface area contributed by atoms with E-state index in [1.807, 2.05) is 72.0 Å². The van der Waals surface area contributed by atoms with Crippen LogP contribution in [-0.2, 0) is 11.2 Å². The number of amides is 1. The minimum absolute atomic E-state index is 0.123. The second-order valence-corrected chi connectivity index (χ2v) is 6.34. The topological polar surface area (TPSA) is 74.0 Å². The lowest BCUT2D eigenvalue weighted by atomic mass is 10.3. The summed E-state index contributed by atoms with van der Waals surface area (Å²) in [4.78, 5) is 12.4. The highest BCUT2D eigenvalue weighted by Crippen LogP contribution is 2.24. The van der Waals surface area contributed by atoms with Crippen LogP contribution in [0, 0.1) is 0 Å². The Morgan fingerprint density at radius 1 is 1.15 bits per heavy atom. The molecule has 26 heavy (non-hydrogen) atoms. The summed E-state index contributed by atoms with van der Waals surface area (Å²) in [5.41, 5.74) is 0.668. The zero-order valence-electron chi connectivity index (χ0n) is 14.8. The van der Waals surface area contributed by atoms with Gasteiger partial charge in [0.1, 0.15) is 5.75 Å². The van der Waals surface area contributed by atoms with Crippen molar-refractivity contribution in [3.05, 3.63) is 54.6 Å². The molecule has 0 atom stereocenters. The molecule has 3 aromatic rings. The van der Waals surface area contributed by atoms with Crippen molar-refractivity contribution in [2.45, 2.75) is 25.4 Å². The Labute approximate surface area is 156 Å². The first kappa shape index (κ1) is 18.1. The Hall–Kier alpha value is -2.74. The molecule has 0 spiro atoms. The molecule has 136 valence electrons. The van der Waals surface area contributed by atoms with Crippen LogP contribution in [0.3, 0.4) is 0 Å². The number of hydrogen-bond acceptors (Lipinski definition) is 5. The zero-order chi connectivity index (χ0) is 18.4. The van der Waals surface area contributed by atoms with Crippen molar-refractivity contribution < 1.29 is 9.53 Å². The Morgan fingerprint density at radius 2 is 1.92 bits per heavy atom. The van der Waals surface area contributed by atoms with E-state index in [2.05, 4.69) is 15.5 Å². The number of aromatic nitrogens is 4. The number of carbonyl (C=O) groups is 1. The lowest BCUT2D eigenvalue weighted by Gasteiger charge is -2.12. The van der Waals surface area contributed by atoms with E-state index in [1.165, 1.54) is 11.8 Å². The number of nitrogens with one attached hydrogen (secondary N) is 1. The third-order valence-corrected chi connectivity index (χ3v) is 4.53. The zero-order valence-corrected chi connectivity index (χ0v) is 15.6. The van der Waals surface area contributed by atoms with Crippen LogP contribution in [-0.4, -0.2) is 37.8 Å². The third-order valence-electron chi connectivity index (χ3n) is 3.61. The van der Waals surface area contributed by atoms with Crippen LogP contribution in [0.2, 0.25) is 0 Å². The summed E-state index contributed by atoms with van der Waals surface area (Å²) in [6.07, 6.45) is 4.59. The van der Waals surface area contributed by atoms with Crippen molar-refractivity contribution in [3.63, 3.8) is 0 Å². The molecular formula is C18H21N5O2S. The molecule has 3 rings (SSSR count). The molecule has 0 saturated carbocycles. The van der Waals surface area contributed by atoms with Gasteiger partial charge in [0.15, 0.2) is 5.82 Å². The van der Waals surface area contributed by atoms with Gasteiger partial charge in [-0.25, -0.2) is 4.68 Å². The van der Waals surface area contributed by atoms with Gasteiger partial charge in [0.05, 0.1) is 18.0 Å². The summed E-state index contributed by atoms with van der Waals surface area (Å²) in [5, 5.41) is 12.0. The van der Waals surface area contributed by atoms with Gasteiger partial charge in [-0.05, 0) is 31.2 Å². The molecule has 8 heteroatoms. The molecule has 7 nitrogen and oxygen atoms in total. The number of nitrogens with zero attached hydrogens (tertiary/aromatic N) is 4. The fraction of sp³-hybridized carbons (Fsp3) is 0.278. The van der Waals surface area contributed by atoms with E-state index in [4.69, 9.17) is 4.74 Å². The average Bonchev–Trinajstić information content (AvgIpc) is 3.30. The number of para-hydroxylation sites is 2. The highest BCUT2D eigenvalue weighted by atomic mass is 32.2. The Balaban J connectivity index is 1.68. The molecule has 0 aliphatic heterocycles. The molecule has 1 amide bonds. The highest BCUT2D eigenvalue weighted by Gasteiger charge is 2.15. The summed E-state index contributed by atoms with van der Waals surface area (Å²) in [6.45, 7) is 4.48. The van der Waals surface area contributed by atoms with Gasteiger partial charge >= 0.3 is 0 Å². The molecule has 0 fully saturated rings. The number of aryl methyl sites for hydroxylation is 1. The van der Waals surface area contributed by atoms with E-state index < -0.39 is 0 Å². The van der Waals surface area contributed by atoms with Crippen LogP contribution >= 0.6 is 11.8 Å². The number of benzene rings is 1. The normalized spacial score (nSPS) is 10.7. The number of hydrogen-bond donors (Lipinski definition) is 1. The minimum atomic E-state index is -0.123. The summed E-state index contributed by atoms with van der Waals surface area (Å²) >= 11 is 1.34. The molecule has 1 N–H and O–H groups in total.